The highest BCUT2D eigenvalue weighted by Gasteiger charge is 2.11. The van der Waals surface area contributed by atoms with Crippen molar-refractivity contribution in [2.24, 2.45) is 0 Å². The Bertz CT molecular complexity index is 889. The van der Waals surface area contributed by atoms with E-state index in [2.05, 4.69) is 10.3 Å². The van der Waals surface area contributed by atoms with Gasteiger partial charge in [0.2, 0.25) is 5.91 Å². The van der Waals surface area contributed by atoms with E-state index in [1.807, 2.05) is 31.2 Å². The molecule has 0 fully saturated rings. The van der Waals surface area contributed by atoms with Gasteiger partial charge >= 0.3 is 0 Å². The SMILES string of the molecule is Cc1ccc(-c2cnc(CCC(=O)Nc3cc(F)ccc3F)o2)cc1. The Kier molecular flexibility index (Phi) is 4.88. The number of nitrogens with zero attached hydrogens (tertiary/aromatic N) is 1. The molecule has 1 amide bonds. The van der Waals surface area contributed by atoms with Crippen molar-refractivity contribution < 1.29 is 18.0 Å². The molecule has 0 radical (unpaired) electrons. The van der Waals surface area contributed by atoms with E-state index in [-0.39, 0.29) is 18.5 Å². The molecule has 1 N–H and O–H groups in total. The molecule has 0 bridgehead atoms. The van der Waals surface area contributed by atoms with Gasteiger partial charge in [0.1, 0.15) is 11.6 Å². The van der Waals surface area contributed by atoms with Crippen molar-refractivity contribution in [3.05, 3.63) is 71.8 Å². The summed E-state index contributed by atoms with van der Waals surface area (Å²) in [6.07, 6.45) is 1.91. The summed E-state index contributed by atoms with van der Waals surface area (Å²) in [7, 11) is 0. The van der Waals surface area contributed by atoms with E-state index in [1.165, 1.54) is 0 Å². The third kappa shape index (κ3) is 4.29. The lowest BCUT2D eigenvalue weighted by Gasteiger charge is -2.05. The molecule has 0 saturated heterocycles. The van der Waals surface area contributed by atoms with Crippen LogP contribution in [-0.2, 0) is 11.2 Å². The average molecular weight is 342 g/mol. The summed E-state index contributed by atoms with van der Waals surface area (Å²) < 4.78 is 32.2. The lowest BCUT2D eigenvalue weighted by molar-refractivity contribution is -0.116. The Balaban J connectivity index is 1.59. The Morgan fingerprint density at radius 1 is 1.16 bits per heavy atom. The van der Waals surface area contributed by atoms with Crippen LogP contribution in [-0.4, -0.2) is 10.9 Å². The Morgan fingerprint density at radius 2 is 1.92 bits per heavy atom. The van der Waals surface area contributed by atoms with Crippen LogP contribution in [0, 0.1) is 18.6 Å². The molecule has 1 aromatic heterocycles. The summed E-state index contributed by atoms with van der Waals surface area (Å²) in [5.41, 5.74) is 1.86. The predicted molar refractivity (Wildman–Crippen MR) is 90.0 cm³/mol. The van der Waals surface area contributed by atoms with E-state index < -0.39 is 17.5 Å². The second kappa shape index (κ2) is 7.25. The minimum absolute atomic E-state index is 0.0454. The van der Waals surface area contributed by atoms with Crippen molar-refractivity contribution in [3.63, 3.8) is 0 Å². The number of oxazole rings is 1. The number of carbonyl (C=O) groups is 1. The first kappa shape index (κ1) is 16.8. The van der Waals surface area contributed by atoms with Gasteiger partial charge in [0, 0.05) is 24.5 Å². The average Bonchev–Trinajstić information content (AvgIpc) is 3.06. The number of amides is 1. The number of nitrogens with one attached hydrogen (secondary N) is 1. The maximum Gasteiger partial charge on any atom is 0.224 e. The highest BCUT2D eigenvalue weighted by molar-refractivity contribution is 5.90. The second-order valence-corrected chi connectivity index (χ2v) is 5.66. The van der Waals surface area contributed by atoms with Crippen LogP contribution < -0.4 is 5.32 Å². The van der Waals surface area contributed by atoms with Crippen LogP contribution in [0.5, 0.6) is 0 Å². The number of hydrogen-bond acceptors (Lipinski definition) is 3. The van der Waals surface area contributed by atoms with Gasteiger partial charge in [0.05, 0.1) is 11.9 Å². The number of hydrogen-bond donors (Lipinski definition) is 1. The Labute approximate surface area is 143 Å². The molecule has 0 aliphatic carbocycles. The topological polar surface area (TPSA) is 55.1 Å². The van der Waals surface area contributed by atoms with Crippen LogP contribution >= 0.6 is 0 Å². The van der Waals surface area contributed by atoms with E-state index in [1.54, 1.807) is 6.20 Å². The number of halogens is 2. The summed E-state index contributed by atoms with van der Waals surface area (Å²) in [4.78, 5) is 16.0. The standard InChI is InChI=1S/C19H16F2N2O2/c1-12-2-4-13(5-3-12)17-11-22-19(25-17)9-8-18(24)23-16-10-14(20)6-7-15(16)21/h2-7,10-11H,8-9H2,1H3,(H,23,24). The number of carbonyl (C=O) groups excluding carboxylic acids is 1. The zero-order valence-corrected chi connectivity index (χ0v) is 13.6. The lowest BCUT2D eigenvalue weighted by atomic mass is 10.1. The largest absolute Gasteiger partial charge is 0.441 e. The minimum atomic E-state index is -0.687. The second-order valence-electron chi connectivity index (χ2n) is 5.66. The van der Waals surface area contributed by atoms with E-state index in [9.17, 15) is 13.6 Å². The molecule has 0 atom stereocenters. The van der Waals surface area contributed by atoms with Crippen molar-refractivity contribution in [1.29, 1.82) is 0 Å². The molecule has 3 aromatic rings. The normalized spacial score (nSPS) is 10.7. The molecule has 25 heavy (non-hydrogen) atoms. The van der Waals surface area contributed by atoms with Crippen molar-refractivity contribution in [3.8, 4) is 11.3 Å². The van der Waals surface area contributed by atoms with Crippen LogP contribution in [0.1, 0.15) is 17.9 Å². The van der Waals surface area contributed by atoms with Gasteiger partial charge in [-0.3, -0.25) is 4.79 Å². The fourth-order valence-corrected chi connectivity index (χ4v) is 2.30. The quantitative estimate of drug-likeness (QED) is 0.743. The van der Waals surface area contributed by atoms with Gasteiger partial charge in [-0.25, -0.2) is 13.8 Å². The molecule has 0 unspecified atom stereocenters. The zero-order chi connectivity index (χ0) is 17.8. The number of benzene rings is 2. The summed E-state index contributed by atoms with van der Waals surface area (Å²) >= 11 is 0. The third-order valence-corrected chi connectivity index (χ3v) is 3.66. The molecule has 4 nitrogen and oxygen atoms in total. The molecule has 0 aliphatic heterocycles. The van der Waals surface area contributed by atoms with Gasteiger partial charge in [-0.1, -0.05) is 29.8 Å². The molecule has 1 heterocycles. The predicted octanol–water partition coefficient (Wildman–Crippen LogP) is 4.50. The molecule has 2 aromatic carbocycles. The first-order valence-corrected chi connectivity index (χ1v) is 7.78. The van der Waals surface area contributed by atoms with Crippen LogP contribution in [0.4, 0.5) is 14.5 Å². The van der Waals surface area contributed by atoms with E-state index in [0.717, 1.165) is 29.3 Å². The van der Waals surface area contributed by atoms with Crippen molar-refractivity contribution in [2.75, 3.05) is 5.32 Å². The first-order valence-electron chi connectivity index (χ1n) is 7.78. The van der Waals surface area contributed by atoms with Gasteiger partial charge in [-0.15, -0.1) is 0 Å². The summed E-state index contributed by atoms with van der Waals surface area (Å²) in [6.45, 7) is 2.00. The smallest absolute Gasteiger partial charge is 0.224 e. The van der Waals surface area contributed by atoms with Crippen molar-refractivity contribution in [2.45, 2.75) is 19.8 Å². The minimum Gasteiger partial charge on any atom is -0.441 e. The van der Waals surface area contributed by atoms with Gasteiger partial charge in [-0.2, -0.15) is 0 Å². The molecule has 0 spiro atoms. The van der Waals surface area contributed by atoms with E-state index in [4.69, 9.17) is 4.42 Å². The fourth-order valence-electron chi connectivity index (χ4n) is 2.30. The maximum atomic E-state index is 13.5. The van der Waals surface area contributed by atoms with Gasteiger partial charge in [-0.05, 0) is 19.1 Å². The molecule has 0 aliphatic rings. The zero-order valence-electron chi connectivity index (χ0n) is 13.6. The molecular formula is C19H16F2N2O2. The number of aromatic nitrogens is 1. The number of rotatable bonds is 5. The molecule has 6 heteroatoms. The number of aryl methyl sites for hydroxylation is 2. The lowest BCUT2D eigenvalue weighted by Crippen LogP contribution is -2.13. The Hall–Kier alpha value is -3.02. The third-order valence-electron chi connectivity index (χ3n) is 3.66. The van der Waals surface area contributed by atoms with Crippen LogP contribution in [0.15, 0.2) is 53.1 Å². The highest BCUT2D eigenvalue weighted by Crippen LogP contribution is 2.21. The molecule has 0 saturated carbocycles. The molecule has 128 valence electrons. The molecular weight excluding hydrogens is 326 g/mol. The van der Waals surface area contributed by atoms with Crippen molar-refractivity contribution in [1.82, 2.24) is 4.98 Å². The van der Waals surface area contributed by atoms with Crippen LogP contribution in [0.2, 0.25) is 0 Å². The fraction of sp³-hybridized carbons (Fsp3) is 0.158. The van der Waals surface area contributed by atoms with Crippen LogP contribution in [0.3, 0.4) is 0 Å². The monoisotopic (exact) mass is 342 g/mol. The highest BCUT2D eigenvalue weighted by atomic mass is 19.1. The van der Waals surface area contributed by atoms with Crippen molar-refractivity contribution >= 4 is 11.6 Å². The number of anilines is 1. The van der Waals surface area contributed by atoms with Gasteiger partial charge in [0.15, 0.2) is 11.7 Å². The van der Waals surface area contributed by atoms with E-state index in [0.29, 0.717) is 11.7 Å². The summed E-state index contributed by atoms with van der Waals surface area (Å²) in [6, 6.07) is 10.7. The Morgan fingerprint density at radius 3 is 2.68 bits per heavy atom. The van der Waals surface area contributed by atoms with Crippen LogP contribution in [0.25, 0.3) is 11.3 Å². The van der Waals surface area contributed by atoms with Gasteiger partial charge < -0.3 is 9.73 Å². The first-order chi connectivity index (χ1) is 12.0. The summed E-state index contributed by atoms with van der Waals surface area (Å²) in [5, 5.41) is 2.34. The summed E-state index contributed by atoms with van der Waals surface area (Å²) in [5.74, 6) is -0.726. The molecule has 3 rings (SSSR count). The van der Waals surface area contributed by atoms with Gasteiger partial charge in [0.25, 0.3) is 0 Å². The van der Waals surface area contributed by atoms with E-state index >= 15 is 0 Å². The maximum absolute atomic E-state index is 13.5.